The highest BCUT2D eigenvalue weighted by Gasteiger charge is 2.36. The van der Waals surface area contributed by atoms with Gasteiger partial charge in [-0.25, -0.2) is 4.79 Å². The van der Waals surface area contributed by atoms with Crippen LogP contribution in [0.2, 0.25) is 5.02 Å². The van der Waals surface area contributed by atoms with Crippen molar-refractivity contribution in [1.82, 2.24) is 10.2 Å². The van der Waals surface area contributed by atoms with Crippen LogP contribution in [-0.4, -0.2) is 22.7 Å². The Morgan fingerprint density at radius 2 is 1.97 bits per heavy atom. The number of carbonyl (C=O) groups is 3. The Morgan fingerprint density at radius 3 is 2.72 bits per heavy atom. The Labute approximate surface area is 170 Å². The minimum atomic E-state index is -0.803. The molecule has 4 amide bonds. The monoisotopic (exact) mass is 410 g/mol. The summed E-state index contributed by atoms with van der Waals surface area (Å²) in [6, 6.07) is 11.3. The number of hydrogen-bond acceptors (Lipinski definition) is 5. The first-order chi connectivity index (χ1) is 13.9. The topological polar surface area (TPSA) is 92.8 Å². The third-order valence-corrected chi connectivity index (χ3v) is 4.69. The van der Waals surface area contributed by atoms with Crippen molar-refractivity contribution in [3.8, 4) is 11.3 Å². The van der Waals surface area contributed by atoms with E-state index in [1.807, 2.05) is 13.0 Å². The first-order valence-corrected chi connectivity index (χ1v) is 9.08. The highest BCUT2D eigenvalue weighted by molar-refractivity contribution is 6.31. The minimum Gasteiger partial charge on any atom is -0.467 e. The van der Waals surface area contributed by atoms with Crippen molar-refractivity contribution in [2.75, 3.05) is 0 Å². The minimum absolute atomic E-state index is 0.0899. The Bertz CT molecular complexity index is 1140. The molecule has 4 rings (SSSR count). The summed E-state index contributed by atoms with van der Waals surface area (Å²) in [6.07, 6.45) is 2.74. The van der Waals surface area contributed by atoms with Crippen molar-refractivity contribution in [2.24, 2.45) is 0 Å². The van der Waals surface area contributed by atoms with Crippen LogP contribution in [0.25, 0.3) is 17.4 Å². The molecule has 1 saturated heterocycles. The second-order valence-electron chi connectivity index (χ2n) is 6.45. The molecule has 0 unspecified atom stereocenters. The van der Waals surface area contributed by atoms with E-state index in [4.69, 9.17) is 20.4 Å². The van der Waals surface area contributed by atoms with E-state index in [9.17, 15) is 14.4 Å². The number of aryl methyl sites for hydroxylation is 1. The smallest absolute Gasteiger partial charge is 0.331 e. The average Bonchev–Trinajstić information content (AvgIpc) is 3.36. The Morgan fingerprint density at radius 1 is 1.14 bits per heavy atom. The molecule has 1 aromatic carbocycles. The fourth-order valence-corrected chi connectivity index (χ4v) is 3.15. The van der Waals surface area contributed by atoms with E-state index < -0.39 is 17.8 Å². The fraction of sp³-hybridized carbons (Fsp3) is 0.0952. The van der Waals surface area contributed by atoms with Gasteiger partial charge in [0.05, 0.1) is 12.8 Å². The van der Waals surface area contributed by atoms with Crippen LogP contribution >= 0.6 is 11.6 Å². The Hall–Kier alpha value is -3.58. The van der Waals surface area contributed by atoms with E-state index in [2.05, 4.69) is 5.32 Å². The highest BCUT2D eigenvalue weighted by Crippen LogP contribution is 2.29. The van der Waals surface area contributed by atoms with Crippen LogP contribution in [0, 0.1) is 6.92 Å². The van der Waals surface area contributed by atoms with Crippen molar-refractivity contribution >= 4 is 35.5 Å². The number of halogens is 1. The van der Waals surface area contributed by atoms with Crippen LogP contribution in [0.3, 0.4) is 0 Å². The molecular weight excluding hydrogens is 396 g/mol. The van der Waals surface area contributed by atoms with Gasteiger partial charge in [-0.15, -0.1) is 0 Å². The van der Waals surface area contributed by atoms with Crippen LogP contribution in [0.15, 0.2) is 63.1 Å². The van der Waals surface area contributed by atoms with Crippen LogP contribution in [-0.2, 0) is 16.1 Å². The number of barbiturate groups is 1. The molecule has 3 heterocycles. The predicted molar refractivity (Wildman–Crippen MR) is 105 cm³/mol. The third-order valence-electron chi connectivity index (χ3n) is 4.46. The lowest BCUT2D eigenvalue weighted by molar-refractivity contribution is -0.130. The first kappa shape index (κ1) is 18.8. The summed E-state index contributed by atoms with van der Waals surface area (Å²) < 4.78 is 11.0. The zero-order chi connectivity index (χ0) is 20.5. The molecule has 0 bridgehead atoms. The maximum absolute atomic E-state index is 12.7. The van der Waals surface area contributed by atoms with Crippen LogP contribution in [0.5, 0.6) is 0 Å². The lowest BCUT2D eigenvalue weighted by atomic mass is 10.1. The van der Waals surface area contributed by atoms with E-state index in [0.717, 1.165) is 16.0 Å². The van der Waals surface area contributed by atoms with E-state index in [0.29, 0.717) is 22.3 Å². The summed E-state index contributed by atoms with van der Waals surface area (Å²) in [4.78, 5) is 37.9. The molecule has 2 aromatic heterocycles. The van der Waals surface area contributed by atoms with Gasteiger partial charge >= 0.3 is 6.03 Å². The second kappa shape index (κ2) is 7.44. The summed E-state index contributed by atoms with van der Waals surface area (Å²) >= 11 is 6.06. The SMILES string of the molecule is Cc1ccc(Cl)cc1-c1ccc(C=C2C(=O)NC(=O)N(Cc3ccco3)C2=O)o1. The van der Waals surface area contributed by atoms with Gasteiger partial charge in [-0.1, -0.05) is 17.7 Å². The summed E-state index contributed by atoms with van der Waals surface area (Å²) in [6.45, 7) is 1.83. The van der Waals surface area contributed by atoms with Crippen molar-refractivity contribution in [1.29, 1.82) is 0 Å². The van der Waals surface area contributed by atoms with Crippen molar-refractivity contribution < 1.29 is 23.2 Å². The number of imide groups is 2. The summed E-state index contributed by atoms with van der Waals surface area (Å²) in [5, 5.41) is 2.72. The number of urea groups is 1. The summed E-state index contributed by atoms with van der Waals surface area (Å²) in [5.74, 6) is -0.257. The van der Waals surface area contributed by atoms with Crippen LogP contribution in [0.1, 0.15) is 17.1 Å². The Balaban J connectivity index is 1.64. The van der Waals surface area contributed by atoms with Gasteiger partial charge in [0, 0.05) is 10.6 Å². The van der Waals surface area contributed by atoms with Crippen molar-refractivity contribution in [2.45, 2.75) is 13.5 Å². The molecule has 0 radical (unpaired) electrons. The second-order valence-corrected chi connectivity index (χ2v) is 6.89. The molecule has 29 heavy (non-hydrogen) atoms. The zero-order valence-electron chi connectivity index (χ0n) is 15.3. The zero-order valence-corrected chi connectivity index (χ0v) is 16.0. The lowest BCUT2D eigenvalue weighted by Gasteiger charge is -2.25. The average molecular weight is 411 g/mol. The van der Waals surface area contributed by atoms with Gasteiger partial charge < -0.3 is 8.83 Å². The molecular formula is C21H15ClN2O5. The molecule has 1 fully saturated rings. The normalized spacial score (nSPS) is 15.9. The van der Waals surface area contributed by atoms with E-state index in [-0.39, 0.29) is 12.1 Å². The largest absolute Gasteiger partial charge is 0.467 e. The highest BCUT2D eigenvalue weighted by atomic mass is 35.5. The maximum atomic E-state index is 12.7. The standard InChI is InChI=1S/C21H15ClN2O5/c1-12-4-5-13(22)9-16(12)18-7-6-14(29-18)10-17-19(25)23-21(27)24(20(17)26)11-15-3-2-8-28-15/h2-10H,11H2,1H3,(H,23,25,27). The number of nitrogens with one attached hydrogen (secondary N) is 1. The molecule has 0 saturated carbocycles. The lowest BCUT2D eigenvalue weighted by Crippen LogP contribution is -2.53. The van der Waals surface area contributed by atoms with E-state index in [1.165, 1.54) is 12.3 Å². The van der Waals surface area contributed by atoms with Gasteiger partial charge in [0.25, 0.3) is 11.8 Å². The van der Waals surface area contributed by atoms with Crippen LogP contribution < -0.4 is 5.32 Å². The number of nitrogens with zero attached hydrogens (tertiary/aromatic N) is 1. The number of benzene rings is 1. The molecule has 1 aliphatic heterocycles. The fourth-order valence-electron chi connectivity index (χ4n) is 2.97. The molecule has 0 atom stereocenters. The predicted octanol–water partition coefficient (Wildman–Crippen LogP) is 4.16. The Kier molecular flexibility index (Phi) is 4.82. The van der Waals surface area contributed by atoms with Crippen molar-refractivity contribution in [3.05, 3.63) is 76.4 Å². The van der Waals surface area contributed by atoms with Crippen LogP contribution in [0.4, 0.5) is 4.79 Å². The van der Waals surface area contributed by atoms with Crippen molar-refractivity contribution in [3.63, 3.8) is 0 Å². The quantitative estimate of drug-likeness (QED) is 0.515. The van der Waals surface area contributed by atoms with Gasteiger partial charge in [0.2, 0.25) is 0 Å². The van der Waals surface area contributed by atoms with E-state index >= 15 is 0 Å². The van der Waals surface area contributed by atoms with Gasteiger partial charge in [0.15, 0.2) is 0 Å². The summed E-state index contributed by atoms with van der Waals surface area (Å²) in [5.41, 5.74) is 1.56. The molecule has 7 nitrogen and oxygen atoms in total. The first-order valence-electron chi connectivity index (χ1n) is 8.70. The van der Waals surface area contributed by atoms with E-state index in [1.54, 1.807) is 36.4 Å². The number of rotatable bonds is 4. The van der Waals surface area contributed by atoms with Gasteiger partial charge in [-0.05, 0) is 55.0 Å². The maximum Gasteiger partial charge on any atom is 0.331 e. The number of hydrogen-bond donors (Lipinski definition) is 1. The number of furan rings is 2. The third kappa shape index (κ3) is 3.72. The molecule has 0 spiro atoms. The molecule has 0 aliphatic carbocycles. The molecule has 8 heteroatoms. The molecule has 1 aliphatic rings. The number of carbonyl (C=O) groups excluding carboxylic acids is 3. The molecule has 1 N–H and O–H groups in total. The molecule has 146 valence electrons. The summed E-state index contributed by atoms with van der Waals surface area (Å²) in [7, 11) is 0. The van der Waals surface area contributed by atoms with Gasteiger partial charge in [0.1, 0.15) is 22.9 Å². The van der Waals surface area contributed by atoms with Gasteiger partial charge in [-0.3, -0.25) is 19.8 Å². The van der Waals surface area contributed by atoms with Gasteiger partial charge in [-0.2, -0.15) is 0 Å². The molecule has 3 aromatic rings. The number of amides is 4.